The molecule has 114 valence electrons. The van der Waals surface area contributed by atoms with Crippen LogP contribution in [-0.4, -0.2) is 21.9 Å². The van der Waals surface area contributed by atoms with Gasteiger partial charge in [0.15, 0.2) is 5.82 Å². The van der Waals surface area contributed by atoms with E-state index in [-0.39, 0.29) is 31.2 Å². The summed E-state index contributed by atoms with van der Waals surface area (Å²) in [6.45, 7) is -0.119. The predicted molar refractivity (Wildman–Crippen MR) is 67.2 cm³/mol. The molecule has 1 heterocycles. The maximum atomic E-state index is 12.6. The Bertz CT molecular complexity index is 598. The van der Waals surface area contributed by atoms with Gasteiger partial charge in [-0.2, -0.15) is 18.2 Å². The minimum Gasteiger partial charge on any atom is -0.396 e. The number of alkyl halides is 3. The molecule has 0 aliphatic heterocycles. The summed E-state index contributed by atoms with van der Waals surface area (Å²) in [6, 6.07) is 4.35. The summed E-state index contributed by atoms with van der Waals surface area (Å²) in [5.41, 5.74) is 5.39. The Balaban J connectivity index is 2.12. The summed E-state index contributed by atoms with van der Waals surface area (Å²) in [6.07, 6.45) is -4.01. The standard InChI is InChI=1S/C13H14F3N3O2/c14-13(15,16)9-3-1-2-8(6-9)7-11-18-12(21-19-11)10(17)4-5-20/h1-3,6,10,20H,4-5,7,17H2. The summed E-state index contributed by atoms with van der Waals surface area (Å²) in [4.78, 5) is 4.02. The SMILES string of the molecule is NC(CCO)c1nc(Cc2cccc(C(F)(F)F)c2)no1. The molecule has 0 fully saturated rings. The first kappa shape index (κ1) is 15.5. The van der Waals surface area contributed by atoms with Crippen molar-refractivity contribution in [3.05, 3.63) is 47.1 Å². The minimum absolute atomic E-state index is 0.110. The third kappa shape index (κ3) is 4.02. The molecule has 3 N–H and O–H groups in total. The van der Waals surface area contributed by atoms with E-state index in [1.165, 1.54) is 6.07 Å². The van der Waals surface area contributed by atoms with Gasteiger partial charge in [-0.3, -0.25) is 0 Å². The van der Waals surface area contributed by atoms with Crippen molar-refractivity contribution >= 4 is 0 Å². The lowest BCUT2D eigenvalue weighted by molar-refractivity contribution is -0.137. The van der Waals surface area contributed by atoms with E-state index in [2.05, 4.69) is 10.1 Å². The predicted octanol–water partition coefficient (Wildman–Crippen LogP) is 2.06. The van der Waals surface area contributed by atoms with Gasteiger partial charge in [-0.25, -0.2) is 0 Å². The summed E-state index contributed by atoms with van der Waals surface area (Å²) in [7, 11) is 0. The molecule has 1 aromatic heterocycles. The topological polar surface area (TPSA) is 85.2 Å². The molecular weight excluding hydrogens is 287 g/mol. The number of hydrogen-bond donors (Lipinski definition) is 2. The van der Waals surface area contributed by atoms with Gasteiger partial charge in [0.05, 0.1) is 11.6 Å². The van der Waals surface area contributed by atoms with Crippen LogP contribution in [0.3, 0.4) is 0 Å². The molecule has 0 radical (unpaired) electrons. The molecular formula is C13H14F3N3O2. The van der Waals surface area contributed by atoms with Crippen molar-refractivity contribution < 1.29 is 22.8 Å². The molecule has 2 rings (SSSR count). The quantitative estimate of drug-likeness (QED) is 0.883. The van der Waals surface area contributed by atoms with Gasteiger partial charge in [-0.15, -0.1) is 0 Å². The van der Waals surface area contributed by atoms with E-state index in [9.17, 15) is 13.2 Å². The minimum atomic E-state index is -4.39. The van der Waals surface area contributed by atoms with E-state index < -0.39 is 17.8 Å². The van der Waals surface area contributed by atoms with Crippen LogP contribution in [0.5, 0.6) is 0 Å². The van der Waals surface area contributed by atoms with Crippen LogP contribution in [-0.2, 0) is 12.6 Å². The fourth-order valence-electron chi connectivity index (χ4n) is 1.79. The smallest absolute Gasteiger partial charge is 0.396 e. The molecule has 2 aromatic rings. The number of rotatable bonds is 5. The largest absolute Gasteiger partial charge is 0.416 e. The Morgan fingerprint density at radius 3 is 2.76 bits per heavy atom. The second-order valence-corrected chi connectivity index (χ2v) is 4.54. The molecule has 0 saturated heterocycles. The Morgan fingerprint density at radius 2 is 2.10 bits per heavy atom. The van der Waals surface area contributed by atoms with Gasteiger partial charge in [0, 0.05) is 13.0 Å². The number of benzene rings is 1. The van der Waals surface area contributed by atoms with E-state index in [1.54, 1.807) is 6.07 Å². The molecule has 0 aliphatic carbocycles. The lowest BCUT2D eigenvalue weighted by Gasteiger charge is -2.07. The first-order valence-electron chi connectivity index (χ1n) is 6.25. The van der Waals surface area contributed by atoms with E-state index in [4.69, 9.17) is 15.4 Å². The van der Waals surface area contributed by atoms with Crippen LogP contribution in [0.4, 0.5) is 13.2 Å². The fraction of sp³-hybridized carbons (Fsp3) is 0.385. The highest BCUT2D eigenvalue weighted by Gasteiger charge is 2.30. The van der Waals surface area contributed by atoms with Crippen LogP contribution >= 0.6 is 0 Å². The zero-order chi connectivity index (χ0) is 15.5. The van der Waals surface area contributed by atoms with Gasteiger partial charge in [-0.05, 0) is 18.1 Å². The molecule has 21 heavy (non-hydrogen) atoms. The number of nitrogens with zero attached hydrogens (tertiary/aromatic N) is 2. The normalized spacial score (nSPS) is 13.4. The Hall–Kier alpha value is -1.93. The van der Waals surface area contributed by atoms with Crippen molar-refractivity contribution in [2.75, 3.05) is 6.61 Å². The van der Waals surface area contributed by atoms with Crippen molar-refractivity contribution in [3.63, 3.8) is 0 Å². The van der Waals surface area contributed by atoms with E-state index in [1.807, 2.05) is 0 Å². The molecule has 0 aliphatic rings. The zero-order valence-corrected chi connectivity index (χ0v) is 11.0. The third-order valence-corrected chi connectivity index (χ3v) is 2.86. The molecule has 0 spiro atoms. The highest BCUT2D eigenvalue weighted by atomic mass is 19.4. The molecule has 1 atom stereocenters. The van der Waals surface area contributed by atoms with Crippen LogP contribution in [0.15, 0.2) is 28.8 Å². The van der Waals surface area contributed by atoms with E-state index >= 15 is 0 Å². The highest BCUT2D eigenvalue weighted by molar-refractivity contribution is 5.27. The second kappa shape index (κ2) is 6.23. The Kier molecular flexibility index (Phi) is 4.59. The van der Waals surface area contributed by atoms with Crippen molar-refractivity contribution in [2.24, 2.45) is 5.73 Å². The molecule has 5 nitrogen and oxygen atoms in total. The van der Waals surface area contributed by atoms with Gasteiger partial charge in [0.25, 0.3) is 0 Å². The van der Waals surface area contributed by atoms with Gasteiger partial charge < -0.3 is 15.4 Å². The average Bonchev–Trinajstić information content (AvgIpc) is 2.87. The summed E-state index contributed by atoms with van der Waals surface area (Å²) >= 11 is 0. The van der Waals surface area contributed by atoms with Gasteiger partial charge in [0.2, 0.25) is 5.89 Å². The number of nitrogens with two attached hydrogens (primary N) is 1. The maximum Gasteiger partial charge on any atom is 0.416 e. The third-order valence-electron chi connectivity index (χ3n) is 2.86. The Morgan fingerprint density at radius 1 is 1.33 bits per heavy atom. The first-order chi connectivity index (χ1) is 9.90. The lowest BCUT2D eigenvalue weighted by Crippen LogP contribution is -2.12. The van der Waals surface area contributed by atoms with Crippen LogP contribution in [0.1, 0.15) is 35.3 Å². The number of aliphatic hydroxyl groups is 1. The van der Waals surface area contributed by atoms with Crippen LogP contribution in [0.25, 0.3) is 0 Å². The first-order valence-corrected chi connectivity index (χ1v) is 6.25. The molecule has 8 heteroatoms. The Labute approximate surface area is 118 Å². The summed E-state index contributed by atoms with van der Waals surface area (Å²) in [5, 5.41) is 12.4. The zero-order valence-electron chi connectivity index (χ0n) is 11.0. The molecule has 0 amide bonds. The van der Waals surface area contributed by atoms with Gasteiger partial charge >= 0.3 is 6.18 Å². The summed E-state index contributed by atoms with van der Waals surface area (Å²) < 4.78 is 42.8. The number of halogens is 3. The molecule has 1 aromatic carbocycles. The monoisotopic (exact) mass is 301 g/mol. The second-order valence-electron chi connectivity index (χ2n) is 4.54. The molecule has 0 saturated carbocycles. The number of aromatic nitrogens is 2. The van der Waals surface area contributed by atoms with Crippen LogP contribution < -0.4 is 5.73 Å². The van der Waals surface area contributed by atoms with Gasteiger partial charge in [0.1, 0.15) is 0 Å². The fourth-order valence-corrected chi connectivity index (χ4v) is 1.79. The van der Waals surface area contributed by atoms with E-state index in [0.29, 0.717) is 5.56 Å². The maximum absolute atomic E-state index is 12.6. The van der Waals surface area contributed by atoms with Crippen LogP contribution in [0, 0.1) is 0 Å². The average molecular weight is 301 g/mol. The van der Waals surface area contributed by atoms with Crippen molar-refractivity contribution in [1.29, 1.82) is 0 Å². The summed E-state index contributed by atoms with van der Waals surface area (Å²) in [5.74, 6) is 0.406. The molecule has 0 bridgehead atoms. The lowest BCUT2D eigenvalue weighted by atomic mass is 10.1. The number of hydrogen-bond acceptors (Lipinski definition) is 5. The highest BCUT2D eigenvalue weighted by Crippen LogP contribution is 2.29. The van der Waals surface area contributed by atoms with Crippen molar-refractivity contribution in [1.82, 2.24) is 10.1 Å². The van der Waals surface area contributed by atoms with Crippen LogP contribution in [0.2, 0.25) is 0 Å². The molecule has 1 unspecified atom stereocenters. The number of aliphatic hydroxyl groups excluding tert-OH is 1. The van der Waals surface area contributed by atoms with E-state index in [0.717, 1.165) is 12.1 Å². The van der Waals surface area contributed by atoms with Crippen molar-refractivity contribution in [3.8, 4) is 0 Å². The van der Waals surface area contributed by atoms with Crippen molar-refractivity contribution in [2.45, 2.75) is 25.1 Å². The van der Waals surface area contributed by atoms with Gasteiger partial charge in [-0.1, -0.05) is 23.4 Å².